The highest BCUT2D eigenvalue weighted by Crippen LogP contribution is 2.25. The van der Waals surface area contributed by atoms with Gasteiger partial charge in [-0.2, -0.15) is 4.98 Å². The average molecular weight is 381 g/mol. The minimum Gasteiger partial charge on any atom is -0.361 e. The van der Waals surface area contributed by atoms with E-state index in [1.165, 1.54) is 5.56 Å². The van der Waals surface area contributed by atoms with Gasteiger partial charge in [-0.25, -0.2) is 0 Å². The molecular formula is C20H23N5O3. The lowest BCUT2D eigenvalue weighted by molar-refractivity contribution is -0.130. The lowest BCUT2D eigenvalue weighted by Gasteiger charge is -2.17. The second kappa shape index (κ2) is 8.33. The van der Waals surface area contributed by atoms with Gasteiger partial charge in [0.1, 0.15) is 11.5 Å². The normalized spacial score (nSPS) is 13.3. The molecule has 28 heavy (non-hydrogen) atoms. The fraction of sp³-hybridized carbons (Fsp3) is 0.450. The Balaban J connectivity index is 1.26. The number of aryl methyl sites for hydroxylation is 2. The number of nitrogens with zero attached hydrogens (tertiary/aromatic N) is 5. The molecule has 0 aliphatic heterocycles. The van der Waals surface area contributed by atoms with Gasteiger partial charge in [0.15, 0.2) is 0 Å². The van der Waals surface area contributed by atoms with E-state index in [1.807, 2.05) is 12.1 Å². The van der Waals surface area contributed by atoms with Gasteiger partial charge < -0.3 is 13.9 Å². The Bertz CT molecular complexity index is 934. The predicted octanol–water partition coefficient (Wildman–Crippen LogP) is 2.98. The number of rotatable bonds is 7. The van der Waals surface area contributed by atoms with Gasteiger partial charge in [-0.05, 0) is 37.8 Å². The summed E-state index contributed by atoms with van der Waals surface area (Å²) in [5.41, 5.74) is 2.90. The van der Waals surface area contributed by atoms with Crippen molar-refractivity contribution in [1.29, 1.82) is 0 Å². The van der Waals surface area contributed by atoms with Crippen molar-refractivity contribution in [1.82, 2.24) is 25.2 Å². The van der Waals surface area contributed by atoms with Crippen LogP contribution in [0.1, 0.15) is 48.6 Å². The number of hydrogen-bond donors (Lipinski definition) is 0. The first-order valence-electron chi connectivity index (χ1n) is 9.64. The van der Waals surface area contributed by atoms with Crippen molar-refractivity contribution in [3.8, 4) is 11.4 Å². The molecule has 3 aromatic heterocycles. The predicted molar refractivity (Wildman–Crippen MR) is 100 cm³/mol. The van der Waals surface area contributed by atoms with Crippen LogP contribution in [0.2, 0.25) is 0 Å². The zero-order valence-corrected chi connectivity index (χ0v) is 15.9. The topological polar surface area (TPSA) is 98.2 Å². The summed E-state index contributed by atoms with van der Waals surface area (Å²) >= 11 is 0. The minimum atomic E-state index is 0.0690. The first-order valence-corrected chi connectivity index (χ1v) is 9.64. The summed E-state index contributed by atoms with van der Waals surface area (Å²) in [4.78, 5) is 22.6. The van der Waals surface area contributed by atoms with Gasteiger partial charge >= 0.3 is 0 Å². The second-order valence-corrected chi connectivity index (χ2v) is 7.09. The van der Waals surface area contributed by atoms with Crippen molar-refractivity contribution in [2.75, 3.05) is 7.05 Å². The lowest BCUT2D eigenvalue weighted by atomic mass is 9.96. The Hall–Kier alpha value is -3.03. The van der Waals surface area contributed by atoms with Crippen LogP contribution in [-0.4, -0.2) is 38.1 Å². The molecule has 8 heteroatoms. The highest BCUT2D eigenvalue weighted by Gasteiger charge is 2.21. The largest absolute Gasteiger partial charge is 0.361 e. The van der Waals surface area contributed by atoms with E-state index in [0.717, 1.165) is 42.7 Å². The maximum absolute atomic E-state index is 12.4. The number of pyridine rings is 1. The van der Waals surface area contributed by atoms with Gasteiger partial charge in [-0.15, -0.1) is 0 Å². The fourth-order valence-corrected chi connectivity index (χ4v) is 3.44. The van der Waals surface area contributed by atoms with Crippen molar-refractivity contribution >= 4 is 5.91 Å². The van der Waals surface area contributed by atoms with E-state index in [-0.39, 0.29) is 5.91 Å². The number of fused-ring (bicyclic) bond motifs is 1. The van der Waals surface area contributed by atoms with Crippen LogP contribution in [0.4, 0.5) is 0 Å². The van der Waals surface area contributed by atoms with Crippen molar-refractivity contribution in [3.05, 3.63) is 47.4 Å². The van der Waals surface area contributed by atoms with Gasteiger partial charge in [0.25, 0.3) is 0 Å². The molecule has 1 aliphatic carbocycles. The third-order valence-corrected chi connectivity index (χ3v) is 5.01. The van der Waals surface area contributed by atoms with Crippen LogP contribution < -0.4 is 0 Å². The number of amides is 1. The van der Waals surface area contributed by atoms with Crippen LogP contribution in [0.15, 0.2) is 33.6 Å². The van der Waals surface area contributed by atoms with E-state index in [2.05, 4.69) is 20.3 Å². The first kappa shape index (κ1) is 18.3. The molecule has 0 aromatic carbocycles. The smallest absolute Gasteiger partial charge is 0.226 e. The molecule has 0 radical (unpaired) electrons. The summed E-state index contributed by atoms with van der Waals surface area (Å²) in [5, 5.41) is 8.14. The lowest BCUT2D eigenvalue weighted by Crippen LogP contribution is -2.26. The van der Waals surface area contributed by atoms with E-state index in [0.29, 0.717) is 37.5 Å². The fourth-order valence-electron chi connectivity index (χ4n) is 3.44. The Morgan fingerprint density at radius 1 is 1.21 bits per heavy atom. The summed E-state index contributed by atoms with van der Waals surface area (Å²) in [5.74, 6) is 2.10. The molecule has 0 N–H and O–H groups in total. The van der Waals surface area contributed by atoms with E-state index in [4.69, 9.17) is 9.05 Å². The summed E-state index contributed by atoms with van der Waals surface area (Å²) < 4.78 is 10.7. The van der Waals surface area contributed by atoms with Crippen LogP contribution in [0.3, 0.4) is 0 Å². The van der Waals surface area contributed by atoms with Crippen molar-refractivity contribution in [2.45, 2.75) is 51.5 Å². The molecule has 0 bridgehead atoms. The molecule has 146 valence electrons. The van der Waals surface area contributed by atoms with E-state index in [9.17, 15) is 4.79 Å². The zero-order valence-electron chi connectivity index (χ0n) is 15.9. The Morgan fingerprint density at radius 3 is 2.96 bits per heavy atom. The third kappa shape index (κ3) is 4.11. The van der Waals surface area contributed by atoms with Gasteiger partial charge in [-0.1, -0.05) is 10.3 Å². The summed E-state index contributed by atoms with van der Waals surface area (Å²) in [6.45, 7) is 0.489. The number of carbonyl (C=O) groups is 1. The molecule has 1 aliphatic rings. The van der Waals surface area contributed by atoms with Crippen molar-refractivity contribution in [3.63, 3.8) is 0 Å². The van der Waals surface area contributed by atoms with Crippen LogP contribution in [0, 0.1) is 0 Å². The second-order valence-electron chi connectivity index (χ2n) is 7.09. The average Bonchev–Trinajstić information content (AvgIpc) is 3.36. The highest BCUT2D eigenvalue weighted by molar-refractivity contribution is 5.75. The molecule has 4 rings (SSSR count). The Morgan fingerprint density at radius 2 is 2.11 bits per heavy atom. The zero-order chi connectivity index (χ0) is 19.3. The Kier molecular flexibility index (Phi) is 5.45. The number of hydrogen-bond acceptors (Lipinski definition) is 7. The van der Waals surface area contributed by atoms with Crippen LogP contribution in [0.5, 0.6) is 0 Å². The molecule has 1 amide bonds. The van der Waals surface area contributed by atoms with Gasteiger partial charge in [0.2, 0.25) is 17.6 Å². The number of aromatic nitrogens is 4. The summed E-state index contributed by atoms with van der Waals surface area (Å²) in [6, 6.07) is 3.70. The maximum Gasteiger partial charge on any atom is 0.226 e. The molecule has 0 spiro atoms. The summed E-state index contributed by atoms with van der Waals surface area (Å²) in [7, 11) is 1.80. The molecule has 0 saturated carbocycles. The van der Waals surface area contributed by atoms with E-state index in [1.54, 1.807) is 24.3 Å². The minimum absolute atomic E-state index is 0.0690. The molecule has 0 fully saturated rings. The van der Waals surface area contributed by atoms with Gasteiger partial charge in [0.05, 0.1) is 6.54 Å². The number of carbonyl (C=O) groups excluding carboxylic acids is 1. The molecule has 8 nitrogen and oxygen atoms in total. The van der Waals surface area contributed by atoms with Crippen LogP contribution >= 0.6 is 0 Å². The van der Waals surface area contributed by atoms with Crippen molar-refractivity contribution in [2.24, 2.45) is 0 Å². The Labute approximate surface area is 162 Å². The molecule has 3 aromatic rings. The molecule has 0 unspecified atom stereocenters. The maximum atomic E-state index is 12.4. The van der Waals surface area contributed by atoms with Crippen LogP contribution in [0.25, 0.3) is 11.4 Å². The molecule has 3 heterocycles. The molecule has 0 atom stereocenters. The van der Waals surface area contributed by atoms with Crippen LogP contribution in [-0.2, 0) is 30.6 Å². The van der Waals surface area contributed by atoms with Crippen molar-refractivity contribution < 1.29 is 13.8 Å². The third-order valence-electron chi connectivity index (χ3n) is 5.01. The van der Waals surface area contributed by atoms with E-state index >= 15 is 0 Å². The standard InChI is InChI=1S/C20H23N5O3/c1-25(13-16-15-7-2-3-8-17(15)27-23-16)19(26)10-4-9-18-22-20(24-28-18)14-6-5-11-21-12-14/h5-6,11-12H,2-4,7-10,13H2,1H3. The van der Waals surface area contributed by atoms with E-state index < -0.39 is 0 Å². The van der Waals surface area contributed by atoms with Gasteiger partial charge in [0, 0.05) is 49.8 Å². The highest BCUT2D eigenvalue weighted by atomic mass is 16.5. The molecular weight excluding hydrogens is 358 g/mol. The van der Waals surface area contributed by atoms with Gasteiger partial charge in [-0.3, -0.25) is 9.78 Å². The first-order chi connectivity index (χ1) is 13.7. The quantitative estimate of drug-likeness (QED) is 0.620. The molecule has 0 saturated heterocycles. The monoisotopic (exact) mass is 381 g/mol. The summed E-state index contributed by atoms with van der Waals surface area (Å²) in [6.07, 6.45) is 9.26. The SMILES string of the molecule is CN(Cc1noc2c1CCCC2)C(=O)CCCc1nc(-c2cccnc2)no1.